The van der Waals surface area contributed by atoms with Crippen molar-refractivity contribution in [3.05, 3.63) is 35.4 Å². The van der Waals surface area contributed by atoms with Crippen molar-refractivity contribution in [2.45, 2.75) is 58.5 Å². The second-order valence-corrected chi connectivity index (χ2v) is 5.58. The molecule has 94 valence electrons. The molecule has 1 N–H and O–H groups in total. The van der Waals surface area contributed by atoms with E-state index in [4.69, 9.17) is 0 Å². The molecule has 1 aliphatic rings. The van der Waals surface area contributed by atoms with Gasteiger partial charge in [0, 0.05) is 12.1 Å². The van der Waals surface area contributed by atoms with Gasteiger partial charge in [0.15, 0.2) is 0 Å². The lowest BCUT2D eigenvalue weighted by atomic mass is 10.0. The molecule has 3 atom stereocenters. The molecule has 0 heterocycles. The maximum Gasteiger partial charge on any atom is 0.0294 e. The van der Waals surface area contributed by atoms with E-state index in [9.17, 15) is 0 Å². The fourth-order valence-corrected chi connectivity index (χ4v) is 2.90. The molecule has 1 nitrogen and oxygen atoms in total. The summed E-state index contributed by atoms with van der Waals surface area (Å²) in [6.45, 7) is 6.74. The van der Waals surface area contributed by atoms with Crippen LogP contribution in [0.1, 0.15) is 56.7 Å². The van der Waals surface area contributed by atoms with Gasteiger partial charge in [0.2, 0.25) is 0 Å². The number of benzene rings is 1. The van der Waals surface area contributed by atoms with Gasteiger partial charge in [-0.25, -0.2) is 0 Å². The van der Waals surface area contributed by atoms with Crippen LogP contribution < -0.4 is 5.32 Å². The van der Waals surface area contributed by atoms with E-state index in [1.54, 1.807) is 0 Å². The maximum absolute atomic E-state index is 3.78. The second-order valence-electron chi connectivity index (χ2n) is 5.58. The molecule has 0 aromatic heterocycles. The van der Waals surface area contributed by atoms with E-state index in [0.29, 0.717) is 6.04 Å². The summed E-state index contributed by atoms with van der Waals surface area (Å²) in [5.74, 6) is 0.956. The fraction of sp³-hybridized carbons (Fsp3) is 0.625. The molecule has 0 bridgehead atoms. The van der Waals surface area contributed by atoms with Gasteiger partial charge in [-0.2, -0.15) is 0 Å². The molecule has 0 amide bonds. The van der Waals surface area contributed by atoms with Gasteiger partial charge in [0.25, 0.3) is 0 Å². The molecule has 0 aliphatic heterocycles. The summed E-state index contributed by atoms with van der Waals surface area (Å²) in [6.07, 6.45) is 5.48. The molecular formula is C16H25N. The Morgan fingerprint density at radius 2 is 1.94 bits per heavy atom. The summed E-state index contributed by atoms with van der Waals surface area (Å²) in [5, 5.41) is 3.78. The molecule has 0 saturated heterocycles. The molecule has 0 radical (unpaired) electrons. The lowest BCUT2D eigenvalue weighted by molar-refractivity contribution is 0.437. The first-order valence-electron chi connectivity index (χ1n) is 7.01. The lowest BCUT2D eigenvalue weighted by Gasteiger charge is -2.20. The topological polar surface area (TPSA) is 12.0 Å². The van der Waals surface area contributed by atoms with Gasteiger partial charge >= 0.3 is 0 Å². The van der Waals surface area contributed by atoms with Crippen molar-refractivity contribution < 1.29 is 0 Å². The summed E-state index contributed by atoms with van der Waals surface area (Å²) in [4.78, 5) is 0. The van der Waals surface area contributed by atoms with Crippen molar-refractivity contribution in [1.82, 2.24) is 5.32 Å². The monoisotopic (exact) mass is 231 g/mol. The predicted molar refractivity (Wildman–Crippen MR) is 74.1 cm³/mol. The largest absolute Gasteiger partial charge is 0.307 e. The minimum absolute atomic E-state index is 0.483. The average Bonchev–Trinajstić information content (AvgIpc) is 2.77. The van der Waals surface area contributed by atoms with Gasteiger partial charge in [-0.1, -0.05) is 43.2 Å². The molecule has 1 aromatic carbocycles. The zero-order chi connectivity index (χ0) is 12.3. The van der Waals surface area contributed by atoms with Crippen LogP contribution >= 0.6 is 0 Å². The first kappa shape index (κ1) is 12.6. The smallest absolute Gasteiger partial charge is 0.0294 e. The van der Waals surface area contributed by atoms with Crippen LogP contribution in [0.2, 0.25) is 0 Å². The molecule has 1 heteroatoms. The molecule has 1 aliphatic carbocycles. The number of hydrogen-bond acceptors (Lipinski definition) is 1. The van der Waals surface area contributed by atoms with E-state index in [1.807, 2.05) is 0 Å². The van der Waals surface area contributed by atoms with Crippen molar-refractivity contribution in [2.75, 3.05) is 0 Å². The quantitative estimate of drug-likeness (QED) is 0.818. The van der Waals surface area contributed by atoms with Crippen molar-refractivity contribution >= 4 is 0 Å². The van der Waals surface area contributed by atoms with Crippen molar-refractivity contribution in [3.63, 3.8) is 0 Å². The van der Waals surface area contributed by atoms with E-state index < -0.39 is 0 Å². The van der Waals surface area contributed by atoms with Crippen LogP contribution in [-0.4, -0.2) is 6.04 Å². The molecule has 2 rings (SSSR count). The van der Waals surface area contributed by atoms with Gasteiger partial charge in [-0.15, -0.1) is 0 Å². The van der Waals surface area contributed by atoms with Gasteiger partial charge in [0.1, 0.15) is 0 Å². The highest BCUT2D eigenvalue weighted by Gasteiger charge is 2.24. The van der Waals surface area contributed by atoms with Gasteiger partial charge in [0.05, 0.1) is 0 Å². The highest BCUT2D eigenvalue weighted by atomic mass is 14.9. The third-order valence-corrected chi connectivity index (χ3v) is 4.18. The van der Waals surface area contributed by atoms with Crippen LogP contribution in [0.3, 0.4) is 0 Å². The summed E-state index contributed by atoms with van der Waals surface area (Å²) < 4.78 is 0. The summed E-state index contributed by atoms with van der Waals surface area (Å²) in [7, 11) is 0. The Morgan fingerprint density at radius 1 is 1.24 bits per heavy atom. The molecular weight excluding hydrogens is 206 g/mol. The van der Waals surface area contributed by atoms with Crippen molar-refractivity contribution in [2.24, 2.45) is 5.92 Å². The normalized spacial score (nSPS) is 26.1. The Balaban J connectivity index is 1.89. The van der Waals surface area contributed by atoms with Crippen LogP contribution in [0.15, 0.2) is 24.3 Å². The molecule has 1 saturated carbocycles. The average molecular weight is 231 g/mol. The third-order valence-electron chi connectivity index (χ3n) is 4.18. The SMILES string of the molecule is CCC1CCC(N[C@H](C)c2ccc(C)cc2)C1. The highest BCUT2D eigenvalue weighted by Crippen LogP contribution is 2.29. The first-order valence-corrected chi connectivity index (χ1v) is 7.01. The van der Waals surface area contributed by atoms with Crippen molar-refractivity contribution in [3.8, 4) is 0 Å². The highest BCUT2D eigenvalue weighted by molar-refractivity contribution is 5.23. The number of aryl methyl sites for hydroxylation is 1. The number of rotatable bonds is 4. The van der Waals surface area contributed by atoms with Crippen LogP contribution in [0.25, 0.3) is 0 Å². The maximum atomic E-state index is 3.78. The zero-order valence-electron chi connectivity index (χ0n) is 11.4. The number of nitrogens with one attached hydrogen (secondary N) is 1. The minimum atomic E-state index is 0.483. The van der Waals surface area contributed by atoms with E-state index in [2.05, 4.69) is 50.4 Å². The van der Waals surface area contributed by atoms with Gasteiger partial charge < -0.3 is 5.32 Å². The second kappa shape index (κ2) is 5.68. The van der Waals surface area contributed by atoms with Gasteiger partial charge in [-0.3, -0.25) is 0 Å². The van der Waals surface area contributed by atoms with E-state index in [0.717, 1.165) is 12.0 Å². The van der Waals surface area contributed by atoms with Gasteiger partial charge in [-0.05, 0) is 44.6 Å². The minimum Gasteiger partial charge on any atom is -0.307 e. The summed E-state index contributed by atoms with van der Waals surface area (Å²) in [5.41, 5.74) is 2.75. The molecule has 0 spiro atoms. The predicted octanol–water partition coefficient (Wildman–Crippen LogP) is 4.22. The molecule has 1 fully saturated rings. The Morgan fingerprint density at radius 3 is 2.53 bits per heavy atom. The third kappa shape index (κ3) is 3.32. The van der Waals surface area contributed by atoms with E-state index >= 15 is 0 Å². The Kier molecular flexibility index (Phi) is 4.22. The van der Waals surface area contributed by atoms with E-state index in [1.165, 1.54) is 36.8 Å². The van der Waals surface area contributed by atoms with Crippen LogP contribution in [-0.2, 0) is 0 Å². The van der Waals surface area contributed by atoms with Crippen LogP contribution in [0, 0.1) is 12.8 Å². The Bertz CT molecular complexity index is 341. The standard InChI is InChI=1S/C16H25N/c1-4-14-7-10-16(11-14)17-13(3)15-8-5-12(2)6-9-15/h5-6,8-9,13-14,16-17H,4,7,10-11H2,1-3H3/t13-,14?,16?/m1/s1. The molecule has 17 heavy (non-hydrogen) atoms. The summed E-state index contributed by atoms with van der Waals surface area (Å²) in [6, 6.07) is 10.1. The Hall–Kier alpha value is -0.820. The first-order chi connectivity index (χ1) is 8.19. The van der Waals surface area contributed by atoms with Crippen LogP contribution in [0.4, 0.5) is 0 Å². The lowest BCUT2D eigenvalue weighted by Crippen LogP contribution is -2.29. The van der Waals surface area contributed by atoms with Crippen molar-refractivity contribution in [1.29, 1.82) is 0 Å². The molecule has 2 unspecified atom stereocenters. The van der Waals surface area contributed by atoms with E-state index in [-0.39, 0.29) is 0 Å². The Labute approximate surface area is 106 Å². The zero-order valence-corrected chi connectivity index (χ0v) is 11.4. The number of hydrogen-bond donors (Lipinski definition) is 1. The fourth-order valence-electron chi connectivity index (χ4n) is 2.90. The molecule has 1 aromatic rings. The summed E-state index contributed by atoms with van der Waals surface area (Å²) >= 11 is 0. The van der Waals surface area contributed by atoms with Crippen LogP contribution in [0.5, 0.6) is 0 Å².